The number of halogens is 2. The molecule has 0 aliphatic carbocycles. The summed E-state index contributed by atoms with van der Waals surface area (Å²) < 4.78 is 5.38. The highest BCUT2D eigenvalue weighted by Crippen LogP contribution is 2.29. The van der Waals surface area contributed by atoms with Crippen molar-refractivity contribution in [2.45, 2.75) is 19.3 Å². The molecule has 6 heteroatoms. The van der Waals surface area contributed by atoms with Crippen molar-refractivity contribution in [3.8, 4) is 0 Å². The Morgan fingerprint density at radius 1 is 1.30 bits per heavy atom. The third kappa shape index (κ3) is 2.68. The van der Waals surface area contributed by atoms with Gasteiger partial charge in [-0.3, -0.25) is 0 Å². The fourth-order valence-electron chi connectivity index (χ4n) is 2.49. The van der Waals surface area contributed by atoms with Gasteiger partial charge in [-0.25, -0.2) is 0 Å². The van der Waals surface area contributed by atoms with Gasteiger partial charge >= 0.3 is 0 Å². The Hall–Kier alpha value is -1.10. The van der Waals surface area contributed by atoms with Crippen LogP contribution in [0.5, 0.6) is 0 Å². The number of hydrogen-bond acceptors (Lipinski definition) is 4. The van der Waals surface area contributed by atoms with Crippen LogP contribution < -0.4 is 5.32 Å². The normalized spacial score (nSPS) is 22.4. The molecule has 0 amide bonds. The molecule has 4 nitrogen and oxygen atoms in total. The van der Waals surface area contributed by atoms with Crippen LogP contribution in [0.25, 0.3) is 0 Å². The zero-order valence-corrected chi connectivity index (χ0v) is 12.6. The van der Waals surface area contributed by atoms with Gasteiger partial charge in [0.25, 0.3) is 0 Å². The summed E-state index contributed by atoms with van der Waals surface area (Å²) in [5.41, 5.74) is 0.834. The maximum atomic E-state index is 6.16. The summed E-state index contributed by atoms with van der Waals surface area (Å²) >= 11 is 12.3. The van der Waals surface area contributed by atoms with Gasteiger partial charge < -0.3 is 9.84 Å². The molecular formula is C14H15Cl2N3O. The molecule has 1 N–H and O–H groups in total. The minimum Gasteiger partial charge on any atom is -0.339 e. The van der Waals surface area contributed by atoms with Crippen LogP contribution in [0, 0.1) is 5.92 Å². The number of benzene rings is 1. The Labute approximate surface area is 127 Å². The SMILES string of the molecule is CC1CNCC1c1nc(Cc2c(Cl)cccc2Cl)no1. The second-order valence-corrected chi connectivity index (χ2v) is 5.98. The molecule has 1 fully saturated rings. The summed E-state index contributed by atoms with van der Waals surface area (Å²) in [6.07, 6.45) is 0.483. The Morgan fingerprint density at radius 3 is 2.70 bits per heavy atom. The van der Waals surface area contributed by atoms with Gasteiger partial charge in [0, 0.05) is 23.0 Å². The van der Waals surface area contributed by atoms with E-state index in [1.165, 1.54) is 0 Å². The molecule has 20 heavy (non-hydrogen) atoms. The molecule has 1 saturated heterocycles. The van der Waals surface area contributed by atoms with Gasteiger partial charge in [-0.1, -0.05) is 41.3 Å². The third-order valence-corrected chi connectivity index (χ3v) is 4.42. The lowest BCUT2D eigenvalue weighted by Gasteiger charge is -2.07. The van der Waals surface area contributed by atoms with E-state index in [0.717, 1.165) is 18.7 Å². The predicted octanol–water partition coefficient (Wildman–Crippen LogP) is 3.29. The fourth-order valence-corrected chi connectivity index (χ4v) is 3.02. The standard InChI is InChI=1S/C14H15Cl2N3O/c1-8-6-17-7-10(8)14-18-13(19-20-14)5-9-11(15)3-2-4-12(9)16/h2-4,8,10,17H,5-7H2,1H3. The summed E-state index contributed by atoms with van der Waals surface area (Å²) in [6.45, 7) is 4.05. The molecule has 2 heterocycles. The average Bonchev–Trinajstić information content (AvgIpc) is 3.02. The molecule has 106 valence electrons. The minimum atomic E-state index is 0.290. The second kappa shape index (κ2) is 5.72. The van der Waals surface area contributed by atoms with E-state index >= 15 is 0 Å². The lowest BCUT2D eigenvalue weighted by molar-refractivity contribution is 0.337. The highest BCUT2D eigenvalue weighted by atomic mass is 35.5. The van der Waals surface area contributed by atoms with Crippen molar-refractivity contribution in [3.63, 3.8) is 0 Å². The molecule has 0 saturated carbocycles. The zero-order valence-electron chi connectivity index (χ0n) is 11.1. The molecule has 1 aromatic heterocycles. The van der Waals surface area contributed by atoms with E-state index in [1.54, 1.807) is 0 Å². The van der Waals surface area contributed by atoms with Crippen LogP contribution in [-0.4, -0.2) is 23.2 Å². The van der Waals surface area contributed by atoms with Gasteiger partial charge in [0.2, 0.25) is 5.89 Å². The maximum absolute atomic E-state index is 6.16. The third-order valence-electron chi connectivity index (χ3n) is 3.72. The number of nitrogens with zero attached hydrogens (tertiary/aromatic N) is 2. The first kappa shape index (κ1) is 13.9. The number of aromatic nitrogens is 2. The van der Waals surface area contributed by atoms with E-state index in [1.807, 2.05) is 18.2 Å². The monoisotopic (exact) mass is 311 g/mol. The quantitative estimate of drug-likeness (QED) is 0.945. The molecule has 0 spiro atoms. The van der Waals surface area contributed by atoms with E-state index in [0.29, 0.717) is 34.1 Å². The van der Waals surface area contributed by atoms with Gasteiger partial charge in [-0.2, -0.15) is 4.98 Å². The number of rotatable bonds is 3. The van der Waals surface area contributed by atoms with E-state index in [-0.39, 0.29) is 5.92 Å². The van der Waals surface area contributed by atoms with Crippen LogP contribution in [0.2, 0.25) is 10.0 Å². The Balaban J connectivity index is 1.81. The topological polar surface area (TPSA) is 51.0 Å². The zero-order chi connectivity index (χ0) is 14.1. The van der Waals surface area contributed by atoms with Crippen LogP contribution >= 0.6 is 23.2 Å². The summed E-state index contributed by atoms with van der Waals surface area (Å²) in [5, 5.41) is 8.62. The van der Waals surface area contributed by atoms with Gasteiger partial charge in [-0.15, -0.1) is 0 Å². The van der Waals surface area contributed by atoms with Crippen LogP contribution in [0.4, 0.5) is 0 Å². The summed E-state index contributed by atoms with van der Waals surface area (Å²) in [4.78, 5) is 4.49. The van der Waals surface area contributed by atoms with Crippen LogP contribution in [0.15, 0.2) is 22.7 Å². The lowest BCUT2D eigenvalue weighted by Crippen LogP contribution is -2.08. The smallest absolute Gasteiger partial charge is 0.231 e. The van der Waals surface area contributed by atoms with Crippen molar-refractivity contribution in [2.75, 3.05) is 13.1 Å². The first-order chi connectivity index (χ1) is 9.65. The minimum absolute atomic E-state index is 0.290. The molecule has 2 atom stereocenters. The molecule has 3 rings (SSSR count). The molecule has 2 aromatic rings. The van der Waals surface area contributed by atoms with Crippen molar-refractivity contribution in [2.24, 2.45) is 5.92 Å². The summed E-state index contributed by atoms with van der Waals surface area (Å²) in [7, 11) is 0. The van der Waals surface area contributed by atoms with E-state index in [2.05, 4.69) is 22.4 Å². The van der Waals surface area contributed by atoms with Gasteiger partial charge in [0.15, 0.2) is 5.82 Å². The van der Waals surface area contributed by atoms with Crippen molar-refractivity contribution < 1.29 is 4.52 Å². The first-order valence-corrected chi connectivity index (χ1v) is 7.37. The highest BCUT2D eigenvalue weighted by molar-refractivity contribution is 6.36. The van der Waals surface area contributed by atoms with E-state index < -0.39 is 0 Å². The molecular weight excluding hydrogens is 297 g/mol. The number of nitrogens with one attached hydrogen (secondary N) is 1. The fraction of sp³-hybridized carbons (Fsp3) is 0.429. The van der Waals surface area contributed by atoms with Crippen LogP contribution in [0.1, 0.15) is 30.1 Å². The maximum Gasteiger partial charge on any atom is 0.231 e. The highest BCUT2D eigenvalue weighted by Gasteiger charge is 2.29. The molecule has 2 unspecified atom stereocenters. The molecule has 0 radical (unpaired) electrons. The van der Waals surface area contributed by atoms with Crippen molar-refractivity contribution >= 4 is 23.2 Å². The van der Waals surface area contributed by atoms with Gasteiger partial charge in [0.05, 0.1) is 5.92 Å². The Morgan fingerprint density at radius 2 is 2.05 bits per heavy atom. The largest absolute Gasteiger partial charge is 0.339 e. The van der Waals surface area contributed by atoms with Crippen molar-refractivity contribution in [3.05, 3.63) is 45.5 Å². The lowest BCUT2D eigenvalue weighted by atomic mass is 9.98. The molecule has 0 bridgehead atoms. The van der Waals surface area contributed by atoms with Crippen molar-refractivity contribution in [1.82, 2.24) is 15.5 Å². The molecule has 1 aliphatic rings. The van der Waals surface area contributed by atoms with Gasteiger partial charge in [0.1, 0.15) is 0 Å². The van der Waals surface area contributed by atoms with Crippen LogP contribution in [-0.2, 0) is 6.42 Å². The second-order valence-electron chi connectivity index (χ2n) is 5.17. The van der Waals surface area contributed by atoms with Gasteiger partial charge in [-0.05, 0) is 30.2 Å². The number of hydrogen-bond donors (Lipinski definition) is 1. The predicted molar refractivity (Wildman–Crippen MR) is 78.3 cm³/mol. The first-order valence-electron chi connectivity index (χ1n) is 6.61. The van der Waals surface area contributed by atoms with Crippen molar-refractivity contribution in [1.29, 1.82) is 0 Å². The molecule has 1 aliphatic heterocycles. The van der Waals surface area contributed by atoms with Crippen LogP contribution in [0.3, 0.4) is 0 Å². The Kier molecular flexibility index (Phi) is 3.96. The van der Waals surface area contributed by atoms with E-state index in [4.69, 9.17) is 27.7 Å². The summed E-state index contributed by atoms with van der Waals surface area (Å²) in [6, 6.07) is 5.45. The average molecular weight is 312 g/mol. The van der Waals surface area contributed by atoms with E-state index in [9.17, 15) is 0 Å². The summed E-state index contributed by atoms with van der Waals surface area (Å²) in [5.74, 6) is 2.11. The molecule has 1 aromatic carbocycles. The Bertz CT molecular complexity index is 594.